The molecule has 14 nitrogen and oxygen atoms in total. The molecule has 1 amide bonds. The maximum atomic E-state index is 15.4. The Balaban J connectivity index is 1.08. The summed E-state index contributed by atoms with van der Waals surface area (Å²) in [4.78, 5) is 39.0. The van der Waals surface area contributed by atoms with E-state index in [1.165, 1.54) is 30.3 Å². The Morgan fingerprint density at radius 2 is 1.79 bits per heavy atom. The minimum Gasteiger partial charge on any atom is -0.455 e. The van der Waals surface area contributed by atoms with E-state index in [-0.39, 0.29) is 36.4 Å². The first-order valence-electron chi connectivity index (χ1n) is 21.6. The Bertz CT molecular complexity index is 2450. The molecule has 0 spiro atoms. The summed E-state index contributed by atoms with van der Waals surface area (Å²) >= 11 is 0. The van der Waals surface area contributed by atoms with E-state index in [9.17, 15) is 23.3 Å². The van der Waals surface area contributed by atoms with Gasteiger partial charge in [-0.15, -0.1) is 0 Å². The fourth-order valence-electron chi connectivity index (χ4n) is 8.60. The summed E-state index contributed by atoms with van der Waals surface area (Å²) in [5.74, 6) is -0.532. The molecule has 0 atom stereocenters. The van der Waals surface area contributed by atoms with E-state index in [0.717, 1.165) is 88.0 Å². The number of sulfonamides is 1. The van der Waals surface area contributed by atoms with Crippen molar-refractivity contribution in [3.05, 3.63) is 99.9 Å². The molecule has 7 rings (SSSR count). The summed E-state index contributed by atoms with van der Waals surface area (Å²) in [6.45, 7) is 16.2. The van der Waals surface area contributed by atoms with Crippen LogP contribution in [0.4, 0.5) is 21.5 Å². The van der Waals surface area contributed by atoms with Crippen molar-refractivity contribution >= 4 is 44.0 Å². The van der Waals surface area contributed by atoms with E-state index in [1.807, 2.05) is 18.0 Å². The number of alkyl halides is 1. The number of anilines is 2. The van der Waals surface area contributed by atoms with Crippen LogP contribution in [0.25, 0.3) is 11.0 Å². The van der Waals surface area contributed by atoms with Crippen LogP contribution in [0, 0.1) is 15.5 Å². The van der Waals surface area contributed by atoms with E-state index >= 15 is 4.39 Å². The van der Waals surface area contributed by atoms with E-state index in [1.54, 1.807) is 35.5 Å². The normalized spacial score (nSPS) is 18.4. The number of nitrogens with zero attached hydrogens (tertiary/aromatic N) is 5. The molecular formula is C46H59FN8O6S. The number of piperidine rings is 1. The quantitative estimate of drug-likeness (QED) is 0.0561. The second-order valence-corrected chi connectivity index (χ2v) is 19.6. The van der Waals surface area contributed by atoms with Gasteiger partial charge in [0.15, 0.2) is 0 Å². The van der Waals surface area contributed by atoms with Crippen LogP contribution in [-0.2, 0) is 10.0 Å². The van der Waals surface area contributed by atoms with Crippen LogP contribution in [-0.4, -0.2) is 104 Å². The minimum absolute atomic E-state index is 0.0229. The van der Waals surface area contributed by atoms with Crippen molar-refractivity contribution in [2.75, 3.05) is 69.6 Å². The number of halogens is 1. The number of carbonyl (C=O) groups is 1. The molecule has 2 fully saturated rings. The monoisotopic (exact) mass is 870 g/mol. The number of H-pyrrole nitrogens is 1. The third-order valence-corrected chi connectivity index (χ3v) is 14.1. The van der Waals surface area contributed by atoms with Crippen LogP contribution in [0.2, 0.25) is 0 Å². The van der Waals surface area contributed by atoms with Crippen LogP contribution in [0.15, 0.2) is 89.1 Å². The number of benzene rings is 2. The van der Waals surface area contributed by atoms with Gasteiger partial charge >= 0.3 is 0 Å². The number of aromatic amines is 1. The van der Waals surface area contributed by atoms with Gasteiger partial charge in [-0.25, -0.2) is 22.5 Å². The first-order valence-corrected chi connectivity index (χ1v) is 23.0. The molecule has 332 valence electrons. The van der Waals surface area contributed by atoms with Gasteiger partial charge in [0.05, 0.1) is 21.6 Å². The van der Waals surface area contributed by atoms with Gasteiger partial charge < -0.3 is 24.8 Å². The van der Waals surface area contributed by atoms with Crippen molar-refractivity contribution in [1.29, 1.82) is 0 Å². The molecule has 3 aliphatic rings. The molecule has 0 saturated carbocycles. The summed E-state index contributed by atoms with van der Waals surface area (Å²) in [6, 6.07) is 11.9. The van der Waals surface area contributed by atoms with Crippen molar-refractivity contribution in [3.63, 3.8) is 0 Å². The number of nitrogens with one attached hydrogen (secondary N) is 3. The number of carbonyl (C=O) groups excluding carboxylic acids is 1. The number of fused-ring (bicyclic) bond motifs is 1. The Morgan fingerprint density at radius 1 is 1.03 bits per heavy atom. The smallest absolute Gasteiger partial charge is 0.293 e. The second-order valence-electron chi connectivity index (χ2n) is 18.0. The van der Waals surface area contributed by atoms with Crippen molar-refractivity contribution < 1.29 is 27.3 Å². The SMILES string of the molecule is C=C(CC)CCC1=C(CN2CCN(c3ccc(C(=O)NS(=O)(=O)c4ccc(NCC5(F)CCN(C)CC5)c([N+](=O)[O-])c4)c(Oc4cnc5[nH]ccc5c4)c3)CC2)CCC(C)(C)C1. The molecular weight excluding hydrogens is 812 g/mol. The lowest BCUT2D eigenvalue weighted by Crippen LogP contribution is -2.47. The highest BCUT2D eigenvalue weighted by Crippen LogP contribution is 2.41. The van der Waals surface area contributed by atoms with Gasteiger partial charge in [0.2, 0.25) is 0 Å². The predicted octanol–water partition coefficient (Wildman–Crippen LogP) is 8.60. The fraction of sp³-hybridized carbons (Fsp3) is 0.478. The molecule has 2 saturated heterocycles. The van der Waals surface area contributed by atoms with Crippen molar-refractivity contribution in [3.8, 4) is 11.5 Å². The highest BCUT2D eigenvalue weighted by Gasteiger charge is 2.35. The van der Waals surface area contributed by atoms with E-state index in [0.29, 0.717) is 29.9 Å². The highest BCUT2D eigenvalue weighted by atomic mass is 32.2. The summed E-state index contributed by atoms with van der Waals surface area (Å²) < 4.78 is 51.2. The van der Waals surface area contributed by atoms with Crippen LogP contribution in [0.1, 0.15) is 82.5 Å². The molecule has 2 aliphatic heterocycles. The first-order chi connectivity index (χ1) is 29.5. The number of nitro groups is 1. The zero-order valence-electron chi connectivity index (χ0n) is 36.3. The Kier molecular flexibility index (Phi) is 13.4. The molecule has 0 radical (unpaired) electrons. The lowest BCUT2D eigenvalue weighted by molar-refractivity contribution is -0.384. The number of piperazine rings is 1. The summed E-state index contributed by atoms with van der Waals surface area (Å²) in [5, 5.41) is 15.7. The Morgan fingerprint density at radius 3 is 2.52 bits per heavy atom. The highest BCUT2D eigenvalue weighted by molar-refractivity contribution is 7.90. The number of rotatable bonds is 16. The molecule has 4 heterocycles. The zero-order valence-corrected chi connectivity index (χ0v) is 37.1. The Hall–Kier alpha value is -5.32. The number of aromatic nitrogens is 2. The number of likely N-dealkylation sites (tertiary alicyclic amines) is 1. The maximum Gasteiger partial charge on any atom is 0.293 e. The average molecular weight is 871 g/mol. The van der Waals surface area contributed by atoms with Gasteiger partial charge in [0, 0.05) is 81.8 Å². The third-order valence-electron chi connectivity index (χ3n) is 12.7. The Labute approximate surface area is 363 Å². The lowest BCUT2D eigenvalue weighted by atomic mass is 9.73. The van der Waals surface area contributed by atoms with Crippen LogP contribution < -0.4 is 19.7 Å². The molecule has 4 aromatic rings. The second kappa shape index (κ2) is 18.6. The molecule has 62 heavy (non-hydrogen) atoms. The van der Waals surface area contributed by atoms with Crippen molar-refractivity contribution in [2.24, 2.45) is 5.41 Å². The topological polar surface area (TPSA) is 166 Å². The molecule has 3 N–H and O–H groups in total. The van der Waals surface area contributed by atoms with Crippen LogP contribution in [0.3, 0.4) is 0 Å². The molecule has 2 aromatic carbocycles. The fourth-order valence-corrected chi connectivity index (χ4v) is 9.58. The molecule has 0 unspecified atom stereocenters. The van der Waals surface area contributed by atoms with E-state index < -0.39 is 37.1 Å². The van der Waals surface area contributed by atoms with Gasteiger partial charge in [-0.3, -0.25) is 19.8 Å². The van der Waals surface area contributed by atoms with Crippen LogP contribution >= 0.6 is 0 Å². The number of pyridine rings is 1. The van der Waals surface area contributed by atoms with E-state index in [2.05, 4.69) is 57.2 Å². The summed E-state index contributed by atoms with van der Waals surface area (Å²) in [6.07, 6.45) is 10.3. The first kappa shape index (κ1) is 44.7. The molecule has 16 heteroatoms. The maximum absolute atomic E-state index is 15.4. The predicted molar refractivity (Wildman–Crippen MR) is 241 cm³/mol. The number of hydrogen-bond donors (Lipinski definition) is 3. The third kappa shape index (κ3) is 10.8. The molecule has 1 aliphatic carbocycles. The van der Waals surface area contributed by atoms with Crippen molar-refractivity contribution in [1.82, 2.24) is 24.5 Å². The standard InChI is InChI=1S/C46H59FN8O6S/c1-6-32(2)7-8-34-28-45(3,4)15-13-35(34)30-53-21-23-54(24-22-53)36-9-11-39(42(26-36)61-37-25-33-14-18-48-43(33)49-29-37)44(56)51-62(59,60)38-10-12-40(41(27-38)55(57)58)50-31-46(47)16-19-52(5)20-17-46/h9-12,14,18,25-27,29,50H,2,6-8,13,15-17,19-24,28,30-31H2,1,3-5H3,(H,48,49)(H,51,56). The summed E-state index contributed by atoms with van der Waals surface area (Å²) in [5.41, 5.74) is 4.01. The largest absolute Gasteiger partial charge is 0.455 e. The number of nitro benzene ring substituents is 1. The van der Waals surface area contributed by atoms with Gasteiger partial charge in [0.1, 0.15) is 28.5 Å². The molecule has 2 aromatic heterocycles. The van der Waals surface area contributed by atoms with Gasteiger partial charge in [-0.1, -0.05) is 44.1 Å². The number of hydrogen-bond acceptors (Lipinski definition) is 11. The van der Waals surface area contributed by atoms with E-state index in [4.69, 9.17) is 4.74 Å². The van der Waals surface area contributed by atoms with Gasteiger partial charge in [-0.2, -0.15) is 0 Å². The van der Waals surface area contributed by atoms with Gasteiger partial charge in [-0.05, 0) is 100 Å². The molecule has 0 bridgehead atoms. The number of allylic oxidation sites excluding steroid dienone is 2. The van der Waals surface area contributed by atoms with Crippen molar-refractivity contribution in [2.45, 2.75) is 82.7 Å². The zero-order chi connectivity index (χ0) is 44.2. The van der Waals surface area contributed by atoms with Gasteiger partial charge in [0.25, 0.3) is 21.6 Å². The lowest BCUT2D eigenvalue weighted by Gasteiger charge is -2.39. The average Bonchev–Trinajstić information content (AvgIpc) is 3.72. The number of amides is 1. The summed E-state index contributed by atoms with van der Waals surface area (Å²) in [7, 11) is -2.72. The van der Waals surface area contributed by atoms with Crippen LogP contribution in [0.5, 0.6) is 11.5 Å². The number of ether oxygens (including phenoxy) is 1. The minimum atomic E-state index is -4.62.